The van der Waals surface area contributed by atoms with Crippen LogP contribution in [0.15, 0.2) is 0 Å². The number of rotatable bonds is 12. The Morgan fingerprint density at radius 2 is 0.842 bits per heavy atom. The summed E-state index contributed by atoms with van der Waals surface area (Å²) in [5, 5.41) is 25.5. The second kappa shape index (κ2) is 14.5. The van der Waals surface area contributed by atoms with Crippen LogP contribution in [0.5, 0.6) is 0 Å². The zero-order chi connectivity index (χ0) is 14.2. The summed E-state index contributed by atoms with van der Waals surface area (Å²) in [6.45, 7) is 3.09. The fourth-order valence-corrected chi connectivity index (χ4v) is 1.95. The van der Waals surface area contributed by atoms with Gasteiger partial charge in [0.2, 0.25) is 0 Å². The van der Waals surface area contributed by atoms with Crippen molar-refractivity contribution in [2.24, 2.45) is 0 Å². The summed E-state index contributed by atoms with van der Waals surface area (Å²) < 4.78 is 0. The molecule has 0 spiro atoms. The van der Waals surface area contributed by atoms with Crippen molar-refractivity contribution >= 4 is 0 Å². The molecular weight excluding hydrogens is 236 g/mol. The van der Waals surface area contributed by atoms with Crippen molar-refractivity contribution in [2.45, 2.75) is 57.8 Å². The second-order valence-corrected chi connectivity index (χ2v) is 4.69. The van der Waals surface area contributed by atoms with Crippen LogP contribution in [-0.4, -0.2) is 24.5 Å². The predicted molar refractivity (Wildman–Crippen MR) is 74.8 cm³/mol. The maximum atomic E-state index is 8.51. The lowest BCUT2D eigenvalue weighted by Gasteiger charge is -2.21. The molecule has 0 saturated heterocycles. The summed E-state index contributed by atoms with van der Waals surface area (Å²) in [5.74, 6) is 0. The van der Waals surface area contributed by atoms with Crippen LogP contribution < -0.4 is 0 Å². The number of nitriles is 3. The molecule has 0 atom stereocenters. The van der Waals surface area contributed by atoms with Crippen molar-refractivity contribution in [1.82, 2.24) is 4.90 Å². The van der Waals surface area contributed by atoms with Gasteiger partial charge in [0, 0.05) is 19.3 Å². The van der Waals surface area contributed by atoms with E-state index in [-0.39, 0.29) is 0 Å². The van der Waals surface area contributed by atoms with Gasteiger partial charge < -0.3 is 4.90 Å². The Balaban J connectivity index is 3.77. The Kier molecular flexibility index (Phi) is 13.3. The number of nitrogens with zero attached hydrogens (tertiary/aromatic N) is 4. The molecule has 0 N–H and O–H groups in total. The molecule has 0 amide bonds. The zero-order valence-electron chi connectivity index (χ0n) is 11.8. The quantitative estimate of drug-likeness (QED) is 0.504. The molecule has 104 valence electrons. The fourth-order valence-electron chi connectivity index (χ4n) is 1.95. The Labute approximate surface area is 117 Å². The first-order valence-electron chi connectivity index (χ1n) is 7.18. The summed E-state index contributed by atoms with van der Waals surface area (Å²) >= 11 is 0. The predicted octanol–water partition coefficient (Wildman–Crippen LogP) is 3.37. The minimum absolute atomic E-state index is 0.636. The minimum Gasteiger partial charge on any atom is -0.303 e. The first-order chi connectivity index (χ1) is 9.35. The number of unbranched alkanes of at least 4 members (excludes halogenated alkanes) is 6. The van der Waals surface area contributed by atoms with Crippen LogP contribution in [0.25, 0.3) is 0 Å². The van der Waals surface area contributed by atoms with E-state index in [1.54, 1.807) is 0 Å². The molecule has 0 heterocycles. The molecule has 0 aliphatic rings. The van der Waals surface area contributed by atoms with Crippen LogP contribution in [0.1, 0.15) is 57.8 Å². The Morgan fingerprint density at radius 3 is 1.11 bits per heavy atom. The molecule has 19 heavy (non-hydrogen) atoms. The molecule has 0 fully saturated rings. The fraction of sp³-hybridized carbons (Fsp3) is 0.800. The standard InChI is InChI=1S/C15H24N4/c16-10-4-1-7-13-19(14-8-2-5-11-17)15-9-3-6-12-18/h1-9,13-15H2. The van der Waals surface area contributed by atoms with E-state index in [2.05, 4.69) is 23.1 Å². The lowest BCUT2D eigenvalue weighted by Crippen LogP contribution is -2.27. The van der Waals surface area contributed by atoms with E-state index in [1.807, 2.05) is 0 Å². The van der Waals surface area contributed by atoms with Crippen molar-refractivity contribution < 1.29 is 0 Å². The van der Waals surface area contributed by atoms with Gasteiger partial charge in [-0.25, -0.2) is 0 Å². The molecule has 0 bridgehead atoms. The van der Waals surface area contributed by atoms with E-state index in [0.29, 0.717) is 19.3 Å². The molecule has 4 heteroatoms. The third-order valence-electron chi connectivity index (χ3n) is 3.04. The third kappa shape index (κ3) is 12.7. The average molecular weight is 260 g/mol. The van der Waals surface area contributed by atoms with Gasteiger partial charge in [-0.1, -0.05) is 0 Å². The molecule has 0 aromatic rings. The molecule has 0 aromatic heterocycles. The van der Waals surface area contributed by atoms with Crippen molar-refractivity contribution in [3.8, 4) is 18.2 Å². The summed E-state index contributed by atoms with van der Waals surface area (Å²) in [6.07, 6.45) is 7.97. The van der Waals surface area contributed by atoms with Crippen LogP contribution >= 0.6 is 0 Å². The summed E-state index contributed by atoms with van der Waals surface area (Å²) in [5.41, 5.74) is 0. The number of hydrogen-bond acceptors (Lipinski definition) is 4. The average Bonchev–Trinajstić information content (AvgIpc) is 2.43. The van der Waals surface area contributed by atoms with Crippen molar-refractivity contribution in [3.05, 3.63) is 0 Å². The van der Waals surface area contributed by atoms with Crippen LogP contribution in [0.4, 0.5) is 0 Å². The highest BCUT2D eigenvalue weighted by Gasteiger charge is 2.04. The Bertz CT molecular complexity index is 266. The topological polar surface area (TPSA) is 74.6 Å². The first kappa shape index (κ1) is 17.4. The SMILES string of the molecule is N#CCCCCN(CCCCC#N)CCCCC#N. The van der Waals surface area contributed by atoms with Crippen LogP contribution in [0.3, 0.4) is 0 Å². The van der Waals surface area contributed by atoms with Gasteiger partial charge in [-0.05, 0) is 58.2 Å². The van der Waals surface area contributed by atoms with Gasteiger partial charge in [0.25, 0.3) is 0 Å². The summed E-state index contributed by atoms with van der Waals surface area (Å²) in [4.78, 5) is 2.41. The smallest absolute Gasteiger partial charge is 0.0621 e. The van der Waals surface area contributed by atoms with Crippen LogP contribution in [0.2, 0.25) is 0 Å². The highest BCUT2D eigenvalue weighted by molar-refractivity contribution is 4.72. The third-order valence-corrected chi connectivity index (χ3v) is 3.04. The van der Waals surface area contributed by atoms with Crippen LogP contribution in [-0.2, 0) is 0 Å². The molecule has 0 rings (SSSR count). The van der Waals surface area contributed by atoms with E-state index < -0.39 is 0 Å². The van der Waals surface area contributed by atoms with E-state index in [1.165, 1.54) is 0 Å². The maximum Gasteiger partial charge on any atom is 0.0621 e. The van der Waals surface area contributed by atoms with Gasteiger partial charge >= 0.3 is 0 Å². The van der Waals surface area contributed by atoms with Gasteiger partial charge in [-0.2, -0.15) is 15.8 Å². The molecule has 0 aromatic carbocycles. The van der Waals surface area contributed by atoms with E-state index >= 15 is 0 Å². The van der Waals surface area contributed by atoms with E-state index in [0.717, 1.165) is 58.2 Å². The van der Waals surface area contributed by atoms with E-state index in [4.69, 9.17) is 15.8 Å². The lowest BCUT2D eigenvalue weighted by atomic mass is 10.2. The Hall–Kier alpha value is -1.57. The molecule has 0 saturated carbocycles. The van der Waals surface area contributed by atoms with Crippen molar-refractivity contribution in [1.29, 1.82) is 15.8 Å². The van der Waals surface area contributed by atoms with Gasteiger partial charge in [0.1, 0.15) is 0 Å². The normalized spacial score (nSPS) is 9.79. The first-order valence-corrected chi connectivity index (χ1v) is 7.18. The van der Waals surface area contributed by atoms with Crippen molar-refractivity contribution in [3.63, 3.8) is 0 Å². The second-order valence-electron chi connectivity index (χ2n) is 4.69. The van der Waals surface area contributed by atoms with Crippen molar-refractivity contribution in [2.75, 3.05) is 19.6 Å². The molecule has 0 unspecified atom stereocenters. The van der Waals surface area contributed by atoms with Gasteiger partial charge in [0.05, 0.1) is 18.2 Å². The summed E-state index contributed by atoms with van der Waals surface area (Å²) in [6, 6.07) is 6.51. The molecule has 0 aliphatic carbocycles. The lowest BCUT2D eigenvalue weighted by molar-refractivity contribution is 0.258. The monoisotopic (exact) mass is 260 g/mol. The zero-order valence-corrected chi connectivity index (χ0v) is 11.8. The van der Waals surface area contributed by atoms with Crippen LogP contribution in [0, 0.1) is 34.0 Å². The maximum absolute atomic E-state index is 8.51. The molecular formula is C15H24N4. The highest BCUT2D eigenvalue weighted by Crippen LogP contribution is 2.05. The van der Waals surface area contributed by atoms with Gasteiger partial charge in [-0.3, -0.25) is 0 Å². The molecule has 4 nitrogen and oxygen atoms in total. The van der Waals surface area contributed by atoms with E-state index in [9.17, 15) is 0 Å². The highest BCUT2D eigenvalue weighted by atomic mass is 15.1. The Morgan fingerprint density at radius 1 is 0.526 bits per heavy atom. The van der Waals surface area contributed by atoms with Gasteiger partial charge in [0.15, 0.2) is 0 Å². The summed E-state index contributed by atoms with van der Waals surface area (Å²) in [7, 11) is 0. The largest absolute Gasteiger partial charge is 0.303 e. The number of hydrogen-bond donors (Lipinski definition) is 0. The molecule has 0 aliphatic heterocycles. The molecule has 0 radical (unpaired) electrons. The minimum atomic E-state index is 0.636. The van der Waals surface area contributed by atoms with Gasteiger partial charge in [-0.15, -0.1) is 0 Å².